The van der Waals surface area contributed by atoms with Crippen LogP contribution in [0, 0.1) is 11.3 Å². The van der Waals surface area contributed by atoms with Gasteiger partial charge in [0.25, 0.3) is 0 Å². The summed E-state index contributed by atoms with van der Waals surface area (Å²) in [5.74, 6) is 2.60. The summed E-state index contributed by atoms with van der Waals surface area (Å²) in [6.07, 6.45) is 2.75. The van der Waals surface area contributed by atoms with Gasteiger partial charge in [-0.1, -0.05) is 0 Å². The highest BCUT2D eigenvalue weighted by molar-refractivity contribution is 7.80. The molecule has 0 aliphatic heterocycles. The average Bonchev–Trinajstić information content (AvgIpc) is 2.40. The monoisotopic (exact) mass is 253 g/mol. The lowest BCUT2D eigenvalue weighted by atomic mass is 10.3. The predicted octanol–water partition coefficient (Wildman–Crippen LogP) is 3.31. The fourth-order valence-corrected chi connectivity index (χ4v) is 1.25. The Morgan fingerprint density at radius 1 is 1.06 bits per heavy atom. The highest BCUT2D eigenvalue weighted by atomic mass is 32.1. The van der Waals surface area contributed by atoms with Gasteiger partial charge in [-0.25, -0.2) is 0 Å². The third kappa shape index (κ3) is 8.47. The van der Waals surface area contributed by atoms with Crippen LogP contribution in [0.4, 0.5) is 0 Å². The molecule has 0 aliphatic carbocycles. The van der Waals surface area contributed by atoms with Gasteiger partial charge in [-0.15, -0.1) is 0 Å². The average molecular weight is 253 g/mol. The van der Waals surface area contributed by atoms with E-state index in [1.165, 1.54) is 0 Å². The molecule has 0 unspecified atom stereocenters. The molecular weight excluding hydrogens is 234 g/mol. The maximum absolute atomic E-state index is 8.02. The highest BCUT2D eigenvalue weighted by Gasteiger charge is 1.90. The zero-order valence-corrected chi connectivity index (χ0v) is 11.2. The van der Waals surface area contributed by atoms with Crippen molar-refractivity contribution in [3.63, 3.8) is 0 Å². The lowest BCUT2D eigenvalue weighted by molar-refractivity contribution is 0.403. The number of rotatable bonds is 5. The smallest absolute Gasteiger partial charge is 0.119 e. The summed E-state index contributed by atoms with van der Waals surface area (Å²) in [5.41, 5.74) is 0. The van der Waals surface area contributed by atoms with E-state index in [0.717, 1.165) is 30.1 Å². The molecule has 0 aromatic heterocycles. The fourth-order valence-electron chi connectivity index (χ4n) is 1.03. The van der Waals surface area contributed by atoms with Crippen molar-refractivity contribution in [3.05, 3.63) is 24.3 Å². The van der Waals surface area contributed by atoms with Crippen LogP contribution >= 0.6 is 12.6 Å². The second kappa shape index (κ2) is 11.2. The molecule has 4 heteroatoms. The molecule has 0 atom stereocenters. The molecule has 0 N–H and O–H groups in total. The van der Waals surface area contributed by atoms with Crippen molar-refractivity contribution in [2.45, 2.75) is 19.3 Å². The molecule has 1 aromatic carbocycles. The van der Waals surface area contributed by atoms with Crippen LogP contribution in [-0.2, 0) is 0 Å². The van der Waals surface area contributed by atoms with E-state index in [4.69, 9.17) is 14.7 Å². The number of hydrogen-bond acceptors (Lipinski definition) is 4. The van der Waals surface area contributed by atoms with Crippen LogP contribution in [0.15, 0.2) is 24.3 Å². The number of methoxy groups -OCH3 is 2. The molecule has 0 amide bonds. The Bertz CT molecular complexity index is 296. The van der Waals surface area contributed by atoms with Crippen molar-refractivity contribution >= 4 is 12.6 Å². The Morgan fingerprint density at radius 2 is 1.53 bits per heavy atom. The topological polar surface area (TPSA) is 42.2 Å². The van der Waals surface area contributed by atoms with Gasteiger partial charge in [-0.3, -0.25) is 0 Å². The van der Waals surface area contributed by atoms with Crippen LogP contribution in [0.2, 0.25) is 0 Å². The van der Waals surface area contributed by atoms with Gasteiger partial charge < -0.3 is 9.47 Å². The van der Waals surface area contributed by atoms with Crippen molar-refractivity contribution in [2.75, 3.05) is 20.0 Å². The summed E-state index contributed by atoms with van der Waals surface area (Å²) < 4.78 is 9.92. The molecule has 3 nitrogen and oxygen atoms in total. The largest absolute Gasteiger partial charge is 0.497 e. The summed E-state index contributed by atoms with van der Waals surface area (Å²) in [5, 5.41) is 8.02. The van der Waals surface area contributed by atoms with Crippen molar-refractivity contribution in [1.29, 1.82) is 5.26 Å². The minimum atomic E-state index is 0.681. The van der Waals surface area contributed by atoms with Gasteiger partial charge in [0.05, 0.1) is 20.3 Å². The highest BCUT2D eigenvalue weighted by Crippen LogP contribution is 2.15. The van der Waals surface area contributed by atoms with Crippen molar-refractivity contribution in [3.8, 4) is 17.6 Å². The number of nitrogens with zero attached hydrogens (tertiary/aromatic N) is 1. The van der Waals surface area contributed by atoms with E-state index in [1.807, 2.05) is 24.3 Å². The van der Waals surface area contributed by atoms with Crippen LogP contribution in [0.3, 0.4) is 0 Å². The minimum absolute atomic E-state index is 0.681. The van der Waals surface area contributed by atoms with E-state index in [2.05, 4.69) is 18.7 Å². The maximum Gasteiger partial charge on any atom is 0.119 e. The van der Waals surface area contributed by atoms with E-state index in [0.29, 0.717) is 6.42 Å². The van der Waals surface area contributed by atoms with Crippen LogP contribution in [0.5, 0.6) is 11.5 Å². The van der Waals surface area contributed by atoms with Crippen LogP contribution in [0.25, 0.3) is 0 Å². The third-order valence-electron chi connectivity index (χ3n) is 1.99. The Kier molecular flexibility index (Phi) is 10.3. The normalized spacial score (nSPS) is 8.59. The first kappa shape index (κ1) is 15.7. The van der Waals surface area contributed by atoms with Gasteiger partial charge in [0.1, 0.15) is 11.5 Å². The minimum Gasteiger partial charge on any atom is -0.497 e. The zero-order chi connectivity index (χ0) is 12.9. The molecule has 0 aliphatic rings. The van der Waals surface area contributed by atoms with Crippen LogP contribution in [0.1, 0.15) is 19.3 Å². The second-order valence-corrected chi connectivity index (χ2v) is 3.67. The van der Waals surface area contributed by atoms with E-state index in [9.17, 15) is 0 Å². The summed E-state index contributed by atoms with van der Waals surface area (Å²) in [4.78, 5) is 0. The van der Waals surface area contributed by atoms with Crippen molar-refractivity contribution in [1.82, 2.24) is 0 Å². The Labute approximate surface area is 109 Å². The van der Waals surface area contributed by atoms with E-state index < -0.39 is 0 Å². The molecule has 17 heavy (non-hydrogen) atoms. The maximum atomic E-state index is 8.02. The van der Waals surface area contributed by atoms with Gasteiger partial charge in [-0.2, -0.15) is 17.9 Å². The number of benzene rings is 1. The number of thiol groups is 1. The molecular formula is C13H19NO2S. The summed E-state index contributed by atoms with van der Waals surface area (Å²) >= 11 is 3.98. The number of nitriles is 1. The standard InChI is InChI=1S/C8H10O2.C5H9NS/c1-9-7-3-5-8(10-2)6-4-7;6-4-2-1-3-5-7/h3-6H,1-2H3;7H,1-3,5H2. The Morgan fingerprint density at radius 3 is 1.82 bits per heavy atom. The number of unbranched alkanes of at least 4 members (excludes halogenated alkanes) is 2. The number of hydrogen-bond donors (Lipinski definition) is 1. The summed E-state index contributed by atoms with van der Waals surface area (Å²) in [6, 6.07) is 9.51. The van der Waals surface area contributed by atoms with Crippen molar-refractivity contribution < 1.29 is 9.47 Å². The summed E-state index contributed by atoms with van der Waals surface area (Å²) in [6.45, 7) is 0. The van der Waals surface area contributed by atoms with Crippen LogP contribution in [-0.4, -0.2) is 20.0 Å². The predicted molar refractivity (Wildman–Crippen MR) is 72.9 cm³/mol. The molecule has 0 spiro atoms. The molecule has 0 saturated carbocycles. The first-order valence-corrected chi connectivity index (χ1v) is 6.07. The molecule has 94 valence electrons. The molecule has 0 bridgehead atoms. The molecule has 1 rings (SSSR count). The second-order valence-electron chi connectivity index (χ2n) is 3.22. The molecule has 0 saturated heterocycles. The molecule has 0 radical (unpaired) electrons. The lowest BCUT2D eigenvalue weighted by Gasteiger charge is -2.00. The van der Waals surface area contributed by atoms with Crippen LogP contribution < -0.4 is 9.47 Å². The quantitative estimate of drug-likeness (QED) is 0.646. The van der Waals surface area contributed by atoms with Crippen molar-refractivity contribution in [2.24, 2.45) is 0 Å². The number of ether oxygens (including phenoxy) is 2. The lowest BCUT2D eigenvalue weighted by Crippen LogP contribution is -1.83. The van der Waals surface area contributed by atoms with E-state index in [1.54, 1.807) is 14.2 Å². The summed E-state index contributed by atoms with van der Waals surface area (Å²) in [7, 11) is 3.28. The van der Waals surface area contributed by atoms with E-state index >= 15 is 0 Å². The van der Waals surface area contributed by atoms with Gasteiger partial charge in [0.15, 0.2) is 0 Å². The van der Waals surface area contributed by atoms with Gasteiger partial charge >= 0.3 is 0 Å². The Hall–Kier alpha value is -1.34. The van der Waals surface area contributed by atoms with Gasteiger partial charge in [-0.05, 0) is 42.9 Å². The SMILES string of the molecule is COc1ccc(OC)cc1.N#CCCCCS. The zero-order valence-electron chi connectivity index (χ0n) is 10.3. The first-order valence-electron chi connectivity index (χ1n) is 5.44. The molecule has 0 heterocycles. The molecule has 0 fully saturated rings. The van der Waals surface area contributed by atoms with E-state index in [-0.39, 0.29) is 0 Å². The Balaban J connectivity index is 0.000000325. The third-order valence-corrected chi connectivity index (χ3v) is 2.31. The first-order chi connectivity index (χ1) is 8.28. The fraction of sp³-hybridized carbons (Fsp3) is 0.462. The van der Waals surface area contributed by atoms with Gasteiger partial charge in [0, 0.05) is 6.42 Å². The molecule has 1 aromatic rings. The van der Waals surface area contributed by atoms with Gasteiger partial charge in [0.2, 0.25) is 0 Å².